The summed E-state index contributed by atoms with van der Waals surface area (Å²) >= 11 is 0. The van der Waals surface area contributed by atoms with Crippen LogP contribution in [0.2, 0.25) is 0 Å². The van der Waals surface area contributed by atoms with Crippen molar-refractivity contribution in [2.45, 2.75) is 64.1 Å². The molecule has 0 amide bonds. The van der Waals surface area contributed by atoms with Gasteiger partial charge in [0.05, 0.1) is 17.1 Å². The lowest BCUT2D eigenvalue weighted by Gasteiger charge is -2.36. The van der Waals surface area contributed by atoms with E-state index in [9.17, 15) is 0 Å². The van der Waals surface area contributed by atoms with Crippen molar-refractivity contribution in [2.75, 3.05) is 0 Å². The average Bonchev–Trinajstić information content (AvgIpc) is 3.26. The molecule has 3 aromatic rings. The van der Waals surface area contributed by atoms with Crippen LogP contribution in [0.1, 0.15) is 62.3 Å². The molecule has 2 aliphatic rings. The van der Waals surface area contributed by atoms with Gasteiger partial charge in [-0.05, 0) is 18.9 Å². The third-order valence-corrected chi connectivity index (χ3v) is 6.08. The number of aryl methyl sites for hydroxylation is 1. The monoisotopic (exact) mass is 350 g/mol. The third-order valence-electron chi connectivity index (χ3n) is 6.08. The van der Waals surface area contributed by atoms with Crippen LogP contribution < -0.4 is 0 Å². The van der Waals surface area contributed by atoms with Gasteiger partial charge in [0.2, 0.25) is 0 Å². The van der Waals surface area contributed by atoms with Gasteiger partial charge in [-0.25, -0.2) is 9.50 Å². The van der Waals surface area contributed by atoms with Crippen LogP contribution in [0.4, 0.5) is 0 Å². The summed E-state index contributed by atoms with van der Waals surface area (Å²) in [5, 5.41) is 9.26. The highest BCUT2D eigenvalue weighted by Gasteiger charge is 2.41. The molecule has 0 aliphatic carbocycles. The SMILES string of the molecule is Cn1nccc1CN1[C@@H]2CC[C@@H]1c1cnc3cc(C(C)(C)C)nn3c1C2. The van der Waals surface area contributed by atoms with E-state index in [-0.39, 0.29) is 5.41 Å². The Morgan fingerprint density at radius 3 is 2.81 bits per heavy atom. The molecule has 3 aromatic heterocycles. The average molecular weight is 350 g/mol. The Hall–Kier alpha value is -2.21. The second-order valence-corrected chi connectivity index (χ2v) is 8.78. The van der Waals surface area contributed by atoms with Gasteiger partial charge in [0, 0.05) is 61.5 Å². The first kappa shape index (κ1) is 16.0. The predicted octanol–water partition coefficient (Wildman–Crippen LogP) is 3.02. The van der Waals surface area contributed by atoms with E-state index < -0.39 is 0 Å². The minimum atomic E-state index is 0.0415. The zero-order chi connectivity index (χ0) is 18.1. The van der Waals surface area contributed by atoms with Crippen LogP contribution in [0.3, 0.4) is 0 Å². The molecule has 1 saturated heterocycles. The normalized spacial score (nSPS) is 22.9. The Bertz CT molecular complexity index is 976. The van der Waals surface area contributed by atoms with Crippen LogP contribution in [0, 0.1) is 0 Å². The predicted molar refractivity (Wildman–Crippen MR) is 99.9 cm³/mol. The summed E-state index contributed by atoms with van der Waals surface area (Å²) < 4.78 is 4.10. The summed E-state index contributed by atoms with van der Waals surface area (Å²) in [6.45, 7) is 7.58. The van der Waals surface area contributed by atoms with E-state index in [1.165, 1.54) is 29.8 Å². The number of aromatic nitrogens is 5. The number of hydrogen-bond donors (Lipinski definition) is 0. The highest BCUT2D eigenvalue weighted by Crippen LogP contribution is 2.44. The van der Waals surface area contributed by atoms with Gasteiger partial charge in [0.1, 0.15) is 0 Å². The van der Waals surface area contributed by atoms with Crippen molar-refractivity contribution in [2.24, 2.45) is 7.05 Å². The van der Waals surface area contributed by atoms with Gasteiger partial charge in [-0.2, -0.15) is 10.2 Å². The second-order valence-electron chi connectivity index (χ2n) is 8.78. The third kappa shape index (κ3) is 2.31. The molecular formula is C20H26N6. The summed E-state index contributed by atoms with van der Waals surface area (Å²) in [6, 6.07) is 5.29. The largest absolute Gasteiger partial charge is 0.287 e. The Kier molecular flexibility index (Phi) is 3.32. The minimum absolute atomic E-state index is 0.0415. The Morgan fingerprint density at radius 1 is 1.23 bits per heavy atom. The van der Waals surface area contributed by atoms with E-state index in [0.29, 0.717) is 12.1 Å². The quantitative estimate of drug-likeness (QED) is 0.713. The van der Waals surface area contributed by atoms with Gasteiger partial charge in [-0.15, -0.1) is 0 Å². The first-order valence-electron chi connectivity index (χ1n) is 9.52. The van der Waals surface area contributed by atoms with Crippen molar-refractivity contribution in [3.63, 3.8) is 0 Å². The van der Waals surface area contributed by atoms with Crippen molar-refractivity contribution >= 4 is 5.65 Å². The van der Waals surface area contributed by atoms with E-state index in [2.05, 4.69) is 53.6 Å². The molecular weight excluding hydrogens is 324 g/mol. The van der Waals surface area contributed by atoms with Gasteiger partial charge < -0.3 is 0 Å². The molecule has 0 aromatic carbocycles. The van der Waals surface area contributed by atoms with Crippen LogP contribution in [0.5, 0.6) is 0 Å². The molecule has 6 heteroatoms. The molecule has 1 fully saturated rings. The van der Waals surface area contributed by atoms with Gasteiger partial charge in [0.25, 0.3) is 0 Å². The maximum Gasteiger partial charge on any atom is 0.155 e. The lowest BCUT2D eigenvalue weighted by atomic mass is 9.93. The molecule has 0 unspecified atom stereocenters. The van der Waals surface area contributed by atoms with Gasteiger partial charge >= 0.3 is 0 Å². The van der Waals surface area contributed by atoms with Crippen molar-refractivity contribution in [1.29, 1.82) is 0 Å². The smallest absolute Gasteiger partial charge is 0.155 e. The van der Waals surface area contributed by atoms with Crippen molar-refractivity contribution < 1.29 is 0 Å². The van der Waals surface area contributed by atoms with Crippen LogP contribution in [-0.2, 0) is 25.4 Å². The highest BCUT2D eigenvalue weighted by atomic mass is 15.3. The summed E-state index contributed by atoms with van der Waals surface area (Å²) in [4.78, 5) is 7.39. The molecule has 2 bridgehead atoms. The molecule has 5 rings (SSSR count). The van der Waals surface area contributed by atoms with E-state index in [0.717, 1.165) is 24.3 Å². The number of nitrogens with zero attached hydrogens (tertiary/aromatic N) is 6. The lowest BCUT2D eigenvalue weighted by molar-refractivity contribution is 0.161. The maximum atomic E-state index is 4.93. The zero-order valence-corrected chi connectivity index (χ0v) is 16.0. The molecule has 6 nitrogen and oxygen atoms in total. The fourth-order valence-electron chi connectivity index (χ4n) is 4.54. The van der Waals surface area contributed by atoms with E-state index in [1.54, 1.807) is 0 Å². The summed E-state index contributed by atoms with van der Waals surface area (Å²) in [7, 11) is 2.03. The molecule has 0 spiro atoms. The second kappa shape index (κ2) is 5.39. The van der Waals surface area contributed by atoms with E-state index in [1.807, 2.05) is 17.9 Å². The van der Waals surface area contributed by atoms with E-state index in [4.69, 9.17) is 10.1 Å². The van der Waals surface area contributed by atoms with Gasteiger partial charge in [-0.3, -0.25) is 9.58 Å². The Labute approximate surface area is 153 Å². The number of fused-ring (bicyclic) bond motifs is 6. The Morgan fingerprint density at radius 2 is 2.08 bits per heavy atom. The van der Waals surface area contributed by atoms with Crippen molar-refractivity contribution in [1.82, 2.24) is 29.3 Å². The van der Waals surface area contributed by atoms with Crippen LogP contribution in [0.15, 0.2) is 24.5 Å². The molecule has 136 valence electrons. The standard InChI is InChI=1S/C20H26N6/c1-20(2,3)18-10-19-21-11-15-16-6-5-13(9-17(15)26(19)23-18)25(16)12-14-7-8-22-24(14)4/h7-8,10-11,13,16H,5-6,9,12H2,1-4H3/t13-,16-/m1/s1. The number of hydrogen-bond acceptors (Lipinski definition) is 4. The molecule has 5 heterocycles. The topological polar surface area (TPSA) is 51.2 Å². The fourth-order valence-corrected chi connectivity index (χ4v) is 4.54. The lowest BCUT2D eigenvalue weighted by Crippen LogP contribution is -2.38. The summed E-state index contributed by atoms with van der Waals surface area (Å²) in [5.74, 6) is 0. The van der Waals surface area contributed by atoms with Gasteiger partial charge in [0.15, 0.2) is 5.65 Å². The Balaban J connectivity index is 1.56. The molecule has 2 atom stereocenters. The van der Waals surface area contributed by atoms with Crippen molar-refractivity contribution in [3.05, 3.63) is 47.2 Å². The zero-order valence-electron chi connectivity index (χ0n) is 16.0. The highest BCUT2D eigenvalue weighted by molar-refractivity contribution is 5.45. The first-order valence-corrected chi connectivity index (χ1v) is 9.52. The molecule has 2 aliphatic heterocycles. The van der Waals surface area contributed by atoms with Crippen molar-refractivity contribution in [3.8, 4) is 0 Å². The fraction of sp³-hybridized carbons (Fsp3) is 0.550. The van der Waals surface area contributed by atoms with Crippen LogP contribution in [-0.4, -0.2) is 35.3 Å². The number of rotatable bonds is 2. The van der Waals surface area contributed by atoms with Crippen LogP contribution in [0.25, 0.3) is 5.65 Å². The van der Waals surface area contributed by atoms with Crippen LogP contribution >= 0.6 is 0 Å². The van der Waals surface area contributed by atoms with Gasteiger partial charge in [-0.1, -0.05) is 20.8 Å². The summed E-state index contributed by atoms with van der Waals surface area (Å²) in [5.41, 5.74) is 6.13. The molecule has 26 heavy (non-hydrogen) atoms. The molecule has 0 radical (unpaired) electrons. The molecule has 0 N–H and O–H groups in total. The maximum absolute atomic E-state index is 4.93. The molecule has 0 saturated carbocycles. The first-order chi connectivity index (χ1) is 12.4. The van der Waals surface area contributed by atoms with E-state index >= 15 is 0 Å². The summed E-state index contributed by atoms with van der Waals surface area (Å²) in [6.07, 6.45) is 7.48. The minimum Gasteiger partial charge on any atom is -0.287 e.